The molecule has 0 atom stereocenters. The van der Waals surface area contributed by atoms with Gasteiger partial charge in [0.1, 0.15) is 0 Å². The predicted octanol–water partition coefficient (Wildman–Crippen LogP) is 12.3. The Balaban J connectivity index is 1.13. The second kappa shape index (κ2) is 12.1. The summed E-state index contributed by atoms with van der Waals surface area (Å²) in [7, 11) is 0. The predicted molar refractivity (Wildman–Crippen MR) is 213 cm³/mol. The Morgan fingerprint density at radius 2 is 1.12 bits per heavy atom. The molecule has 51 heavy (non-hydrogen) atoms. The van der Waals surface area contributed by atoms with Gasteiger partial charge < -0.3 is 0 Å². The van der Waals surface area contributed by atoms with Gasteiger partial charge in [-0.1, -0.05) is 133 Å². The highest BCUT2D eigenvalue weighted by atomic mass is 32.1. The fourth-order valence-electron chi connectivity index (χ4n) is 7.08. The van der Waals surface area contributed by atoms with E-state index in [2.05, 4.69) is 145 Å². The van der Waals surface area contributed by atoms with Gasteiger partial charge >= 0.3 is 0 Å². The largest absolute Gasteiger partial charge is 0.256 e. The van der Waals surface area contributed by atoms with Gasteiger partial charge in [-0.3, -0.25) is 4.98 Å². The van der Waals surface area contributed by atoms with Crippen molar-refractivity contribution in [3.8, 4) is 56.2 Å². The van der Waals surface area contributed by atoms with Crippen LogP contribution >= 0.6 is 11.3 Å². The molecule has 5 heteroatoms. The van der Waals surface area contributed by atoms with Crippen molar-refractivity contribution in [2.75, 3.05) is 0 Å². The van der Waals surface area contributed by atoms with Crippen LogP contribution in [0.5, 0.6) is 0 Å². The van der Waals surface area contributed by atoms with E-state index in [9.17, 15) is 0 Å². The summed E-state index contributed by atoms with van der Waals surface area (Å²) in [6.45, 7) is 0. The molecule has 0 aliphatic rings. The number of nitrogens with zero attached hydrogens (tertiary/aromatic N) is 4. The minimum Gasteiger partial charge on any atom is -0.256 e. The van der Waals surface area contributed by atoms with Crippen molar-refractivity contribution in [3.05, 3.63) is 170 Å². The second-order valence-electron chi connectivity index (χ2n) is 12.6. The minimum atomic E-state index is 0.692. The highest BCUT2D eigenvalue weighted by Crippen LogP contribution is 2.43. The molecule has 4 aromatic heterocycles. The van der Waals surface area contributed by atoms with Gasteiger partial charge in [0.05, 0.1) is 32.6 Å². The number of benzene rings is 6. The van der Waals surface area contributed by atoms with Crippen LogP contribution in [0.3, 0.4) is 0 Å². The van der Waals surface area contributed by atoms with E-state index in [0.717, 1.165) is 72.1 Å². The normalized spacial score (nSPS) is 11.5. The second-order valence-corrected chi connectivity index (χ2v) is 13.7. The van der Waals surface area contributed by atoms with Crippen molar-refractivity contribution in [2.24, 2.45) is 0 Å². The molecule has 0 saturated heterocycles. The number of hydrogen-bond acceptors (Lipinski definition) is 5. The number of aromatic nitrogens is 4. The van der Waals surface area contributed by atoms with Crippen LogP contribution in [-0.4, -0.2) is 19.9 Å². The van der Waals surface area contributed by atoms with Crippen LogP contribution in [0, 0.1) is 0 Å². The fraction of sp³-hybridized carbons (Fsp3) is 0. The van der Waals surface area contributed by atoms with Gasteiger partial charge in [0, 0.05) is 54.9 Å². The third kappa shape index (κ3) is 5.14. The lowest BCUT2D eigenvalue weighted by Crippen LogP contribution is -1.96. The zero-order valence-corrected chi connectivity index (χ0v) is 28.2. The maximum absolute atomic E-state index is 5.16. The van der Waals surface area contributed by atoms with E-state index in [-0.39, 0.29) is 0 Å². The Bertz CT molecular complexity index is 2910. The molecule has 4 nitrogen and oxygen atoms in total. The molecule has 0 spiro atoms. The molecule has 0 aliphatic carbocycles. The van der Waals surface area contributed by atoms with Gasteiger partial charge in [0.15, 0.2) is 5.82 Å². The van der Waals surface area contributed by atoms with E-state index >= 15 is 0 Å². The molecular formula is C46H28N4S. The SMILES string of the molecule is c1ccc(-c2nc(-c3ccc(-c4cccc5cccnc45)cc3)cc(-c3cccc(-c4c5ccccc5nc5c4sc4ccccc45)c3)n2)cc1. The van der Waals surface area contributed by atoms with Crippen molar-refractivity contribution < 1.29 is 0 Å². The number of thiophene rings is 1. The topological polar surface area (TPSA) is 51.6 Å². The van der Waals surface area contributed by atoms with Crippen LogP contribution in [0.2, 0.25) is 0 Å². The average molecular weight is 669 g/mol. The zero-order chi connectivity index (χ0) is 33.7. The Labute approximate surface area is 298 Å². The lowest BCUT2D eigenvalue weighted by Gasteiger charge is -2.13. The third-order valence-electron chi connectivity index (χ3n) is 9.53. The molecule has 0 N–H and O–H groups in total. The third-order valence-corrected chi connectivity index (χ3v) is 10.7. The van der Waals surface area contributed by atoms with Crippen LogP contribution in [0.4, 0.5) is 0 Å². The summed E-state index contributed by atoms with van der Waals surface area (Å²) in [5.74, 6) is 0.692. The molecule has 10 rings (SSSR count). The van der Waals surface area contributed by atoms with Gasteiger partial charge in [-0.15, -0.1) is 11.3 Å². The van der Waals surface area contributed by atoms with Gasteiger partial charge in [0.2, 0.25) is 0 Å². The first-order valence-corrected chi connectivity index (χ1v) is 17.8. The monoisotopic (exact) mass is 668 g/mol. The molecule has 6 aromatic carbocycles. The Morgan fingerprint density at radius 3 is 2.00 bits per heavy atom. The van der Waals surface area contributed by atoms with Gasteiger partial charge in [-0.05, 0) is 41.5 Å². The molecule has 0 saturated carbocycles. The standard InChI is InChI=1S/C46H28N4S/c1-2-11-32(12-3-1)46-49-39(30-24-22-29(23-25-30)35-19-9-13-31-16-10-26-47-43(31)35)28-40(50-46)33-14-8-15-34(27-33)42-36-17-4-6-20-38(36)48-44-37-18-5-7-21-41(37)51-45(42)44/h1-28H. The summed E-state index contributed by atoms with van der Waals surface area (Å²) in [4.78, 5) is 20.1. The van der Waals surface area contributed by atoms with Crippen LogP contribution < -0.4 is 0 Å². The molecule has 238 valence electrons. The molecule has 0 bridgehead atoms. The van der Waals surface area contributed by atoms with Crippen molar-refractivity contribution in [1.82, 2.24) is 19.9 Å². The molecular weight excluding hydrogens is 641 g/mol. The lowest BCUT2D eigenvalue weighted by molar-refractivity contribution is 1.18. The van der Waals surface area contributed by atoms with E-state index in [4.69, 9.17) is 15.0 Å². The Morgan fingerprint density at radius 1 is 0.431 bits per heavy atom. The van der Waals surface area contributed by atoms with Crippen LogP contribution in [0.25, 0.3) is 98.3 Å². The van der Waals surface area contributed by atoms with E-state index in [0.29, 0.717) is 5.82 Å². The molecule has 0 amide bonds. The van der Waals surface area contributed by atoms with Crippen LogP contribution in [0.1, 0.15) is 0 Å². The first-order valence-electron chi connectivity index (χ1n) is 17.0. The van der Waals surface area contributed by atoms with Crippen molar-refractivity contribution in [3.63, 3.8) is 0 Å². The van der Waals surface area contributed by atoms with Crippen molar-refractivity contribution in [1.29, 1.82) is 0 Å². The lowest BCUT2D eigenvalue weighted by atomic mass is 9.96. The van der Waals surface area contributed by atoms with E-state index in [1.54, 1.807) is 11.3 Å². The summed E-state index contributed by atoms with van der Waals surface area (Å²) in [6.07, 6.45) is 1.85. The van der Waals surface area contributed by atoms with Gasteiger partial charge in [-0.25, -0.2) is 15.0 Å². The van der Waals surface area contributed by atoms with Crippen molar-refractivity contribution in [2.45, 2.75) is 0 Å². The number of hydrogen-bond donors (Lipinski definition) is 0. The number of rotatable bonds is 5. The Kier molecular flexibility index (Phi) is 6.96. The first-order chi connectivity index (χ1) is 25.3. The molecule has 0 fully saturated rings. The maximum atomic E-state index is 5.16. The van der Waals surface area contributed by atoms with E-state index in [1.807, 2.05) is 30.5 Å². The average Bonchev–Trinajstić information content (AvgIpc) is 3.58. The van der Waals surface area contributed by atoms with Crippen molar-refractivity contribution >= 4 is 53.4 Å². The summed E-state index contributed by atoms with van der Waals surface area (Å²) in [5, 5.41) is 3.46. The summed E-state index contributed by atoms with van der Waals surface area (Å²) >= 11 is 1.81. The van der Waals surface area contributed by atoms with Gasteiger partial charge in [-0.2, -0.15) is 0 Å². The number of pyridine rings is 2. The first kappa shape index (κ1) is 29.4. The van der Waals surface area contributed by atoms with E-state index in [1.165, 1.54) is 20.3 Å². The number of fused-ring (bicyclic) bond motifs is 5. The van der Waals surface area contributed by atoms with E-state index < -0.39 is 0 Å². The highest BCUT2D eigenvalue weighted by molar-refractivity contribution is 7.26. The van der Waals surface area contributed by atoms with Crippen LogP contribution in [-0.2, 0) is 0 Å². The molecule has 0 unspecified atom stereocenters. The molecule has 0 aliphatic heterocycles. The van der Waals surface area contributed by atoms with Gasteiger partial charge in [0.25, 0.3) is 0 Å². The fourth-order valence-corrected chi connectivity index (χ4v) is 8.30. The maximum Gasteiger partial charge on any atom is 0.160 e. The zero-order valence-electron chi connectivity index (χ0n) is 27.4. The Hall–Kier alpha value is -6.56. The highest BCUT2D eigenvalue weighted by Gasteiger charge is 2.18. The molecule has 10 aromatic rings. The summed E-state index contributed by atoms with van der Waals surface area (Å²) in [5.41, 5.74) is 12.4. The summed E-state index contributed by atoms with van der Waals surface area (Å²) < 4.78 is 2.44. The molecule has 4 heterocycles. The minimum absolute atomic E-state index is 0.692. The quantitative estimate of drug-likeness (QED) is 0.183. The summed E-state index contributed by atoms with van der Waals surface area (Å²) in [6, 6.07) is 57.1. The van der Waals surface area contributed by atoms with Crippen LogP contribution in [0.15, 0.2) is 170 Å². The molecule has 0 radical (unpaired) electrons. The number of para-hydroxylation sites is 2. The smallest absolute Gasteiger partial charge is 0.160 e.